The summed E-state index contributed by atoms with van der Waals surface area (Å²) in [4.78, 5) is 32.0. The highest BCUT2D eigenvalue weighted by Crippen LogP contribution is 2.39. The quantitative estimate of drug-likeness (QED) is 0.664. The van der Waals surface area contributed by atoms with E-state index in [0.717, 1.165) is 31.4 Å². The van der Waals surface area contributed by atoms with Crippen LogP contribution in [0.25, 0.3) is 0 Å². The smallest absolute Gasteiger partial charge is 0.242 e. The molecular formula is C26H34N2O3S. The molecule has 2 aliphatic heterocycles. The van der Waals surface area contributed by atoms with E-state index >= 15 is 0 Å². The normalized spacial score (nSPS) is 20.8. The van der Waals surface area contributed by atoms with Gasteiger partial charge in [0.05, 0.1) is 18.7 Å². The molecule has 0 spiro atoms. The maximum atomic E-state index is 13.7. The second-order valence-electron chi connectivity index (χ2n) is 9.97. The molecule has 6 heteroatoms. The van der Waals surface area contributed by atoms with E-state index in [1.807, 2.05) is 37.8 Å². The lowest BCUT2D eigenvalue weighted by atomic mass is 9.90. The van der Waals surface area contributed by atoms with Gasteiger partial charge in [-0.25, -0.2) is 0 Å². The number of aryl methyl sites for hydroxylation is 1. The lowest BCUT2D eigenvalue weighted by molar-refractivity contribution is -0.147. The molecule has 1 saturated heterocycles. The average molecular weight is 455 g/mol. The maximum absolute atomic E-state index is 13.7. The molecule has 2 atom stereocenters. The number of thiophene rings is 1. The third kappa shape index (κ3) is 4.76. The minimum atomic E-state index is -0.545. The number of nitrogens with zero attached hydrogens (tertiary/aromatic N) is 2. The molecule has 32 heavy (non-hydrogen) atoms. The molecule has 1 fully saturated rings. The van der Waals surface area contributed by atoms with Gasteiger partial charge in [-0.05, 0) is 54.3 Å². The Kier molecular flexibility index (Phi) is 6.72. The molecule has 2 amide bonds. The molecule has 0 radical (unpaired) electrons. The summed E-state index contributed by atoms with van der Waals surface area (Å²) in [5.41, 5.74) is 3.01. The molecule has 3 heterocycles. The second kappa shape index (κ2) is 9.36. The zero-order valence-electron chi connectivity index (χ0n) is 19.6. The van der Waals surface area contributed by atoms with Crippen LogP contribution in [0.1, 0.15) is 61.2 Å². The summed E-state index contributed by atoms with van der Waals surface area (Å²) in [6, 6.07) is 10.4. The molecule has 5 nitrogen and oxygen atoms in total. The lowest BCUT2D eigenvalue weighted by Gasteiger charge is -2.39. The fraction of sp³-hybridized carbons (Fsp3) is 0.538. The molecular weight excluding hydrogens is 420 g/mol. The van der Waals surface area contributed by atoms with Gasteiger partial charge in [0, 0.05) is 30.0 Å². The molecule has 2 aliphatic rings. The molecule has 0 N–H and O–H groups in total. The van der Waals surface area contributed by atoms with Crippen molar-refractivity contribution in [2.24, 2.45) is 5.41 Å². The average Bonchev–Trinajstić information content (AvgIpc) is 3.43. The number of fused-ring (bicyclic) bond motifs is 1. The lowest BCUT2D eigenvalue weighted by Crippen LogP contribution is -2.50. The van der Waals surface area contributed by atoms with Crippen molar-refractivity contribution in [2.75, 3.05) is 26.2 Å². The minimum absolute atomic E-state index is 0.00187. The van der Waals surface area contributed by atoms with Crippen molar-refractivity contribution in [2.45, 2.75) is 59.1 Å². The van der Waals surface area contributed by atoms with E-state index in [1.165, 1.54) is 16.0 Å². The number of hydrogen-bond donors (Lipinski definition) is 0. The maximum Gasteiger partial charge on any atom is 0.242 e. The van der Waals surface area contributed by atoms with Crippen LogP contribution in [0.4, 0.5) is 0 Å². The molecule has 2 unspecified atom stereocenters. The first kappa shape index (κ1) is 23.0. The van der Waals surface area contributed by atoms with Gasteiger partial charge in [-0.15, -0.1) is 11.3 Å². The Balaban J connectivity index is 1.62. The largest absolute Gasteiger partial charge is 0.376 e. The van der Waals surface area contributed by atoms with E-state index in [1.54, 1.807) is 16.2 Å². The molecule has 4 rings (SSSR count). The number of benzene rings is 1. The Morgan fingerprint density at radius 1 is 1.19 bits per heavy atom. The monoisotopic (exact) mass is 454 g/mol. The van der Waals surface area contributed by atoms with Crippen LogP contribution in [0, 0.1) is 12.3 Å². The van der Waals surface area contributed by atoms with Gasteiger partial charge in [-0.2, -0.15) is 0 Å². The third-order valence-corrected chi connectivity index (χ3v) is 7.47. The summed E-state index contributed by atoms with van der Waals surface area (Å²) in [6.45, 7) is 9.82. The van der Waals surface area contributed by atoms with Gasteiger partial charge in [-0.1, -0.05) is 45.0 Å². The minimum Gasteiger partial charge on any atom is -0.376 e. The fourth-order valence-electron chi connectivity index (χ4n) is 4.80. The predicted molar refractivity (Wildman–Crippen MR) is 128 cm³/mol. The number of carbonyl (C=O) groups is 2. The second-order valence-corrected chi connectivity index (χ2v) is 11.0. The van der Waals surface area contributed by atoms with E-state index in [9.17, 15) is 9.59 Å². The van der Waals surface area contributed by atoms with Crippen molar-refractivity contribution in [3.8, 4) is 0 Å². The van der Waals surface area contributed by atoms with Crippen molar-refractivity contribution in [3.63, 3.8) is 0 Å². The van der Waals surface area contributed by atoms with Crippen molar-refractivity contribution < 1.29 is 14.3 Å². The first-order chi connectivity index (χ1) is 15.3. The Hall–Kier alpha value is -2.18. The van der Waals surface area contributed by atoms with Crippen LogP contribution < -0.4 is 0 Å². The number of ether oxygens (including phenoxy) is 1. The molecule has 172 valence electrons. The summed E-state index contributed by atoms with van der Waals surface area (Å²) in [6.07, 6.45) is 2.83. The van der Waals surface area contributed by atoms with Gasteiger partial charge in [0.25, 0.3) is 0 Å². The van der Waals surface area contributed by atoms with E-state index < -0.39 is 5.41 Å². The fourth-order valence-corrected chi connectivity index (χ4v) is 5.70. The van der Waals surface area contributed by atoms with Crippen molar-refractivity contribution in [3.05, 3.63) is 57.3 Å². The van der Waals surface area contributed by atoms with Crippen LogP contribution in [0.3, 0.4) is 0 Å². The van der Waals surface area contributed by atoms with E-state index in [0.29, 0.717) is 13.1 Å². The van der Waals surface area contributed by atoms with Gasteiger partial charge in [-0.3, -0.25) is 9.59 Å². The third-order valence-electron chi connectivity index (χ3n) is 6.47. The molecule has 0 saturated carbocycles. The van der Waals surface area contributed by atoms with Crippen LogP contribution in [-0.4, -0.2) is 54.0 Å². The van der Waals surface area contributed by atoms with Crippen LogP contribution in [0.2, 0.25) is 0 Å². The van der Waals surface area contributed by atoms with Gasteiger partial charge < -0.3 is 14.5 Å². The molecule has 0 bridgehead atoms. The topological polar surface area (TPSA) is 49.9 Å². The summed E-state index contributed by atoms with van der Waals surface area (Å²) in [5.74, 6) is 0.00715. The SMILES string of the molecule is Cc1ccccc1C1c2ccsc2CCN1C(=O)CN(CC1CCCO1)C(=O)C(C)(C)C. The van der Waals surface area contributed by atoms with E-state index in [4.69, 9.17) is 4.74 Å². The highest BCUT2D eigenvalue weighted by molar-refractivity contribution is 7.10. The standard InChI is InChI=1S/C26H34N2O3S/c1-18-8-5-6-10-20(18)24-21-12-15-32-22(21)11-13-28(24)23(29)17-27(25(30)26(2,3)4)16-19-9-7-14-31-19/h5-6,8,10,12,15,19,24H,7,9,11,13-14,16-17H2,1-4H3. The van der Waals surface area contributed by atoms with Crippen molar-refractivity contribution in [1.29, 1.82) is 0 Å². The highest BCUT2D eigenvalue weighted by Gasteiger charge is 2.37. The first-order valence-electron chi connectivity index (χ1n) is 11.6. The Bertz CT molecular complexity index is 971. The summed E-state index contributed by atoms with van der Waals surface area (Å²) in [7, 11) is 0. The first-order valence-corrected chi connectivity index (χ1v) is 12.5. The van der Waals surface area contributed by atoms with E-state index in [2.05, 4.69) is 30.5 Å². The molecule has 0 aliphatic carbocycles. The van der Waals surface area contributed by atoms with Gasteiger partial charge in [0.15, 0.2) is 0 Å². The highest BCUT2D eigenvalue weighted by atomic mass is 32.1. The van der Waals surface area contributed by atoms with Crippen LogP contribution in [-0.2, 0) is 20.7 Å². The van der Waals surface area contributed by atoms with E-state index in [-0.39, 0.29) is 30.5 Å². The number of carbonyl (C=O) groups excluding carboxylic acids is 2. The molecule has 1 aromatic carbocycles. The van der Waals surface area contributed by atoms with Crippen molar-refractivity contribution >= 4 is 23.2 Å². The van der Waals surface area contributed by atoms with Crippen LogP contribution in [0.5, 0.6) is 0 Å². The van der Waals surface area contributed by atoms with Gasteiger partial charge in [0.1, 0.15) is 0 Å². The number of hydrogen-bond acceptors (Lipinski definition) is 4. The summed E-state index contributed by atoms with van der Waals surface area (Å²) < 4.78 is 5.80. The number of amides is 2. The van der Waals surface area contributed by atoms with Gasteiger partial charge >= 0.3 is 0 Å². The Morgan fingerprint density at radius 2 is 1.97 bits per heavy atom. The summed E-state index contributed by atoms with van der Waals surface area (Å²) >= 11 is 1.77. The van der Waals surface area contributed by atoms with Gasteiger partial charge in [0.2, 0.25) is 11.8 Å². The van der Waals surface area contributed by atoms with Crippen LogP contribution >= 0.6 is 11.3 Å². The molecule has 1 aromatic heterocycles. The Morgan fingerprint density at radius 3 is 2.66 bits per heavy atom. The zero-order chi connectivity index (χ0) is 22.9. The summed E-state index contributed by atoms with van der Waals surface area (Å²) in [5, 5.41) is 2.12. The van der Waals surface area contributed by atoms with Crippen molar-refractivity contribution in [1.82, 2.24) is 9.80 Å². The number of rotatable bonds is 5. The predicted octanol–water partition coefficient (Wildman–Crippen LogP) is 4.58. The molecule has 2 aromatic rings. The Labute approximate surface area is 195 Å². The van der Waals surface area contributed by atoms with Crippen LogP contribution in [0.15, 0.2) is 35.7 Å². The zero-order valence-corrected chi connectivity index (χ0v) is 20.4.